The lowest BCUT2D eigenvalue weighted by Gasteiger charge is -2.04. The highest BCUT2D eigenvalue weighted by molar-refractivity contribution is 5.24. The molecule has 0 aliphatic heterocycles. The van der Waals surface area contributed by atoms with Gasteiger partial charge in [-0.2, -0.15) is 5.10 Å². The van der Waals surface area contributed by atoms with Crippen molar-refractivity contribution in [3.63, 3.8) is 0 Å². The highest BCUT2D eigenvalue weighted by Crippen LogP contribution is 2.12. The Bertz CT molecular complexity index is 307. The Kier molecular flexibility index (Phi) is 4.78. The fourth-order valence-corrected chi connectivity index (χ4v) is 1.74. The molecule has 15 heavy (non-hydrogen) atoms. The van der Waals surface area contributed by atoms with E-state index in [9.17, 15) is 0 Å². The topological polar surface area (TPSA) is 39.1 Å². The van der Waals surface area contributed by atoms with Crippen molar-refractivity contribution in [3.05, 3.63) is 17.0 Å². The Morgan fingerprint density at radius 1 is 1.40 bits per heavy atom. The van der Waals surface area contributed by atoms with Crippen molar-refractivity contribution in [2.75, 3.05) is 20.8 Å². The normalized spacial score (nSPS) is 10.9. The van der Waals surface area contributed by atoms with Gasteiger partial charge in [-0.05, 0) is 27.3 Å². The number of hydrogen-bond acceptors (Lipinski definition) is 3. The summed E-state index contributed by atoms with van der Waals surface area (Å²) >= 11 is 0. The van der Waals surface area contributed by atoms with E-state index in [1.165, 1.54) is 11.3 Å². The van der Waals surface area contributed by atoms with Crippen LogP contribution in [0.25, 0.3) is 0 Å². The molecule has 0 radical (unpaired) electrons. The van der Waals surface area contributed by atoms with Gasteiger partial charge in [0.25, 0.3) is 0 Å². The summed E-state index contributed by atoms with van der Waals surface area (Å²) in [4.78, 5) is 0. The molecule has 0 unspecified atom stereocenters. The van der Waals surface area contributed by atoms with Gasteiger partial charge in [-0.15, -0.1) is 0 Å². The van der Waals surface area contributed by atoms with Crippen LogP contribution in [0.5, 0.6) is 0 Å². The molecule has 1 aromatic rings. The molecule has 1 rings (SSSR count). The summed E-state index contributed by atoms with van der Waals surface area (Å²) in [5.41, 5.74) is 3.70. The minimum absolute atomic E-state index is 0.791. The lowest BCUT2D eigenvalue weighted by atomic mass is 10.2. The van der Waals surface area contributed by atoms with Gasteiger partial charge in [-0.3, -0.25) is 4.68 Å². The molecule has 0 aliphatic carbocycles. The lowest BCUT2D eigenvalue weighted by Crippen LogP contribution is -2.08. The van der Waals surface area contributed by atoms with E-state index in [2.05, 4.69) is 28.9 Å². The van der Waals surface area contributed by atoms with E-state index in [-0.39, 0.29) is 0 Å². The molecule has 4 heteroatoms. The molecule has 0 saturated heterocycles. The number of nitrogens with one attached hydrogen (secondary N) is 1. The molecule has 86 valence electrons. The molecule has 1 aromatic heterocycles. The molecule has 4 nitrogen and oxygen atoms in total. The predicted octanol–water partition coefficient (Wildman–Crippen LogP) is 1.26. The molecule has 0 spiro atoms. The van der Waals surface area contributed by atoms with Crippen molar-refractivity contribution >= 4 is 0 Å². The van der Waals surface area contributed by atoms with Gasteiger partial charge in [0.05, 0.1) is 5.69 Å². The van der Waals surface area contributed by atoms with Crippen LogP contribution < -0.4 is 5.32 Å². The fraction of sp³-hybridized carbons (Fsp3) is 0.727. The lowest BCUT2D eigenvalue weighted by molar-refractivity contribution is 0.188. The summed E-state index contributed by atoms with van der Waals surface area (Å²) in [7, 11) is 3.69. The van der Waals surface area contributed by atoms with Crippen molar-refractivity contribution in [2.45, 2.75) is 33.4 Å². The van der Waals surface area contributed by atoms with Crippen LogP contribution in [-0.4, -0.2) is 30.5 Å². The molecule has 1 N–H and O–H groups in total. The predicted molar refractivity (Wildman–Crippen MR) is 61.0 cm³/mol. The first-order valence-corrected chi connectivity index (χ1v) is 5.37. The molecule has 1 heterocycles. The van der Waals surface area contributed by atoms with Crippen molar-refractivity contribution < 1.29 is 4.74 Å². The van der Waals surface area contributed by atoms with E-state index in [4.69, 9.17) is 4.74 Å². The molecule has 0 aromatic carbocycles. The number of nitrogens with zero attached hydrogens (tertiary/aromatic N) is 2. The minimum atomic E-state index is 0.791. The van der Waals surface area contributed by atoms with Gasteiger partial charge in [0.15, 0.2) is 0 Å². The third-order valence-corrected chi connectivity index (χ3v) is 2.60. The summed E-state index contributed by atoms with van der Waals surface area (Å²) in [6.07, 6.45) is 1.01. The maximum absolute atomic E-state index is 5.03. The number of aryl methyl sites for hydroxylation is 2. The summed E-state index contributed by atoms with van der Waals surface area (Å²) in [5, 5.41) is 7.69. The third kappa shape index (κ3) is 3.04. The SMILES string of the molecule is CNCc1c(C)nn(CCCOC)c1C. The summed E-state index contributed by atoms with van der Waals surface area (Å²) in [6.45, 7) is 6.80. The van der Waals surface area contributed by atoms with Crippen molar-refractivity contribution in [3.8, 4) is 0 Å². The van der Waals surface area contributed by atoms with E-state index in [0.717, 1.165) is 31.8 Å². The van der Waals surface area contributed by atoms with E-state index in [1.54, 1.807) is 7.11 Å². The van der Waals surface area contributed by atoms with E-state index >= 15 is 0 Å². The molecule has 0 amide bonds. The maximum atomic E-state index is 5.03. The Labute approximate surface area is 91.6 Å². The van der Waals surface area contributed by atoms with Gasteiger partial charge in [-0.1, -0.05) is 0 Å². The zero-order valence-electron chi connectivity index (χ0n) is 10.1. The van der Waals surface area contributed by atoms with Gasteiger partial charge in [0, 0.05) is 38.1 Å². The van der Waals surface area contributed by atoms with Crippen molar-refractivity contribution in [2.24, 2.45) is 0 Å². The number of rotatable bonds is 6. The Hall–Kier alpha value is -0.870. The second kappa shape index (κ2) is 5.88. The van der Waals surface area contributed by atoms with Crippen LogP contribution in [0.15, 0.2) is 0 Å². The van der Waals surface area contributed by atoms with Crippen LogP contribution in [0.1, 0.15) is 23.4 Å². The van der Waals surface area contributed by atoms with E-state index in [0.29, 0.717) is 0 Å². The van der Waals surface area contributed by atoms with Gasteiger partial charge < -0.3 is 10.1 Å². The van der Waals surface area contributed by atoms with Crippen LogP contribution in [0, 0.1) is 13.8 Å². The molecule has 0 aliphatic rings. The Morgan fingerprint density at radius 2 is 2.13 bits per heavy atom. The van der Waals surface area contributed by atoms with Crippen LogP contribution in [0.2, 0.25) is 0 Å². The van der Waals surface area contributed by atoms with Gasteiger partial charge >= 0.3 is 0 Å². The second-order valence-electron chi connectivity index (χ2n) is 3.75. The first-order chi connectivity index (χ1) is 7.20. The molecular weight excluding hydrogens is 190 g/mol. The Balaban J connectivity index is 2.68. The molecular formula is C11H21N3O. The largest absolute Gasteiger partial charge is 0.385 e. The Morgan fingerprint density at radius 3 is 2.73 bits per heavy atom. The summed E-state index contributed by atoms with van der Waals surface area (Å²) in [5.74, 6) is 0. The van der Waals surface area contributed by atoms with Crippen LogP contribution >= 0.6 is 0 Å². The summed E-state index contributed by atoms with van der Waals surface area (Å²) < 4.78 is 7.10. The van der Waals surface area contributed by atoms with Gasteiger partial charge in [-0.25, -0.2) is 0 Å². The van der Waals surface area contributed by atoms with E-state index in [1.807, 2.05) is 7.05 Å². The number of ether oxygens (including phenoxy) is 1. The van der Waals surface area contributed by atoms with E-state index < -0.39 is 0 Å². The zero-order chi connectivity index (χ0) is 11.3. The van der Waals surface area contributed by atoms with Crippen LogP contribution in [-0.2, 0) is 17.8 Å². The highest BCUT2D eigenvalue weighted by atomic mass is 16.5. The van der Waals surface area contributed by atoms with Crippen molar-refractivity contribution in [1.29, 1.82) is 0 Å². The highest BCUT2D eigenvalue weighted by Gasteiger charge is 2.09. The molecule has 0 bridgehead atoms. The molecule has 0 fully saturated rings. The number of aromatic nitrogens is 2. The molecule has 0 atom stereocenters. The van der Waals surface area contributed by atoms with Crippen LogP contribution in [0.4, 0.5) is 0 Å². The zero-order valence-corrected chi connectivity index (χ0v) is 10.1. The number of hydrogen-bond donors (Lipinski definition) is 1. The van der Waals surface area contributed by atoms with Gasteiger partial charge in [0.1, 0.15) is 0 Å². The molecule has 0 saturated carbocycles. The standard InChI is InChI=1S/C11H21N3O/c1-9-11(8-12-3)10(2)14(13-9)6-5-7-15-4/h12H,5-8H2,1-4H3. The first kappa shape index (κ1) is 12.2. The maximum Gasteiger partial charge on any atom is 0.0641 e. The van der Waals surface area contributed by atoms with Gasteiger partial charge in [0.2, 0.25) is 0 Å². The average molecular weight is 211 g/mol. The number of methoxy groups -OCH3 is 1. The summed E-state index contributed by atoms with van der Waals surface area (Å²) in [6, 6.07) is 0. The monoisotopic (exact) mass is 211 g/mol. The second-order valence-corrected chi connectivity index (χ2v) is 3.75. The average Bonchev–Trinajstić information content (AvgIpc) is 2.47. The van der Waals surface area contributed by atoms with Crippen LogP contribution in [0.3, 0.4) is 0 Å². The van der Waals surface area contributed by atoms with Crippen molar-refractivity contribution in [1.82, 2.24) is 15.1 Å². The third-order valence-electron chi connectivity index (χ3n) is 2.60. The quantitative estimate of drug-likeness (QED) is 0.720. The minimum Gasteiger partial charge on any atom is -0.385 e. The fourth-order valence-electron chi connectivity index (χ4n) is 1.74. The smallest absolute Gasteiger partial charge is 0.0641 e. The first-order valence-electron chi connectivity index (χ1n) is 5.37.